The number of rotatable bonds is 7. The molecular formula is C25H24O4. The van der Waals surface area contributed by atoms with Gasteiger partial charge in [-0.05, 0) is 60.5 Å². The van der Waals surface area contributed by atoms with Crippen molar-refractivity contribution in [2.75, 3.05) is 13.7 Å². The van der Waals surface area contributed by atoms with Crippen LogP contribution < -0.4 is 14.2 Å². The van der Waals surface area contributed by atoms with Crippen molar-refractivity contribution in [2.24, 2.45) is 0 Å². The Morgan fingerprint density at radius 3 is 2.45 bits per heavy atom. The molecule has 0 saturated carbocycles. The number of allylic oxidation sites excluding steroid dienone is 1. The van der Waals surface area contributed by atoms with Crippen molar-refractivity contribution in [1.82, 2.24) is 0 Å². The van der Waals surface area contributed by atoms with Crippen LogP contribution in [0.4, 0.5) is 0 Å². The summed E-state index contributed by atoms with van der Waals surface area (Å²) in [6.45, 7) is 7.68. The molecule has 4 heteroatoms. The maximum atomic E-state index is 11.7. The fourth-order valence-corrected chi connectivity index (χ4v) is 2.87. The summed E-state index contributed by atoms with van der Waals surface area (Å²) < 4.78 is 16.6. The lowest BCUT2D eigenvalue weighted by molar-refractivity contribution is -0.130. The number of carbonyl (C=O) groups is 1. The first-order chi connectivity index (χ1) is 14.0. The van der Waals surface area contributed by atoms with E-state index in [1.54, 1.807) is 20.1 Å². The molecule has 0 amide bonds. The molecule has 0 atom stereocenters. The van der Waals surface area contributed by atoms with Gasteiger partial charge in [0.1, 0.15) is 23.9 Å². The van der Waals surface area contributed by atoms with Crippen LogP contribution >= 0.6 is 0 Å². The van der Waals surface area contributed by atoms with Gasteiger partial charge in [0.15, 0.2) is 0 Å². The summed E-state index contributed by atoms with van der Waals surface area (Å²) in [5, 5.41) is 2.01. The highest BCUT2D eigenvalue weighted by Gasteiger charge is 2.10. The lowest BCUT2D eigenvalue weighted by atomic mass is 10.00. The van der Waals surface area contributed by atoms with E-state index in [1.165, 1.54) is 0 Å². The molecule has 0 aliphatic heterocycles. The molecule has 0 aliphatic rings. The first kappa shape index (κ1) is 20.2. The minimum absolute atomic E-state index is 0.366. The molecule has 0 fully saturated rings. The Bertz CT molecular complexity index is 1080. The summed E-state index contributed by atoms with van der Waals surface area (Å²) in [5.41, 5.74) is 2.38. The second-order valence-electron chi connectivity index (χ2n) is 6.64. The Balaban J connectivity index is 1.95. The first-order valence-corrected chi connectivity index (χ1v) is 9.35. The number of carbonyl (C=O) groups excluding carboxylic acids is 1. The monoisotopic (exact) mass is 388 g/mol. The summed E-state index contributed by atoms with van der Waals surface area (Å²) >= 11 is 0. The molecule has 3 rings (SSSR count). The molecule has 3 aromatic carbocycles. The summed E-state index contributed by atoms with van der Waals surface area (Å²) in [5.74, 6) is 1.57. The van der Waals surface area contributed by atoms with Crippen LogP contribution in [0, 0.1) is 0 Å². The van der Waals surface area contributed by atoms with Crippen LogP contribution in [0.25, 0.3) is 21.9 Å². The van der Waals surface area contributed by atoms with Crippen LogP contribution in [-0.2, 0) is 4.79 Å². The minimum Gasteiger partial charge on any atom is -0.497 e. The average Bonchev–Trinajstić information content (AvgIpc) is 2.73. The highest BCUT2D eigenvalue weighted by Crippen LogP contribution is 2.35. The van der Waals surface area contributed by atoms with Crippen molar-refractivity contribution in [1.29, 1.82) is 0 Å². The molecule has 3 aromatic rings. The van der Waals surface area contributed by atoms with E-state index < -0.39 is 5.97 Å². The van der Waals surface area contributed by atoms with Crippen LogP contribution in [-0.4, -0.2) is 19.7 Å². The lowest BCUT2D eigenvalue weighted by Crippen LogP contribution is -2.07. The molecule has 0 aromatic heterocycles. The molecular weight excluding hydrogens is 364 g/mol. The number of methoxy groups -OCH3 is 1. The fraction of sp³-hybridized carbons (Fsp3) is 0.160. The van der Waals surface area contributed by atoms with Crippen molar-refractivity contribution < 1.29 is 19.0 Å². The predicted octanol–water partition coefficient (Wildman–Crippen LogP) is 5.95. The molecule has 0 radical (unpaired) electrons. The van der Waals surface area contributed by atoms with Gasteiger partial charge in [-0.3, -0.25) is 0 Å². The molecule has 0 N–H and O–H groups in total. The molecule has 0 spiro atoms. The SMILES string of the molecule is C=C(C)C(=O)Oc1ccc2cc(-c3ccc(OC)cc3OC/C=C/C)ccc2c1. The Hall–Kier alpha value is -3.53. The summed E-state index contributed by atoms with van der Waals surface area (Å²) in [6.07, 6.45) is 3.91. The Morgan fingerprint density at radius 2 is 1.72 bits per heavy atom. The Labute approximate surface area is 171 Å². The third-order valence-electron chi connectivity index (χ3n) is 4.44. The standard InChI is InChI=1S/C25H24O4/c1-5-6-13-28-24-16-21(27-4)11-12-23(24)20-8-7-19-15-22(10-9-18(19)14-20)29-25(26)17(2)3/h5-12,14-16H,2,13H2,1,3-4H3/b6-5+. The van der Waals surface area contributed by atoms with Gasteiger partial charge in [-0.2, -0.15) is 0 Å². The van der Waals surface area contributed by atoms with E-state index in [4.69, 9.17) is 14.2 Å². The average molecular weight is 388 g/mol. The molecule has 0 saturated heterocycles. The van der Waals surface area contributed by atoms with Crippen molar-refractivity contribution in [3.05, 3.63) is 78.9 Å². The smallest absolute Gasteiger partial charge is 0.338 e. The first-order valence-electron chi connectivity index (χ1n) is 9.35. The van der Waals surface area contributed by atoms with E-state index in [0.29, 0.717) is 17.9 Å². The third-order valence-corrected chi connectivity index (χ3v) is 4.44. The zero-order chi connectivity index (χ0) is 20.8. The number of ether oxygens (including phenoxy) is 3. The second-order valence-corrected chi connectivity index (χ2v) is 6.64. The van der Waals surface area contributed by atoms with Crippen molar-refractivity contribution in [2.45, 2.75) is 13.8 Å². The van der Waals surface area contributed by atoms with Crippen LogP contribution in [0.5, 0.6) is 17.2 Å². The zero-order valence-corrected chi connectivity index (χ0v) is 16.9. The fourth-order valence-electron chi connectivity index (χ4n) is 2.87. The van der Waals surface area contributed by atoms with Crippen molar-refractivity contribution in [3.63, 3.8) is 0 Å². The highest BCUT2D eigenvalue weighted by molar-refractivity contribution is 5.92. The van der Waals surface area contributed by atoms with E-state index in [2.05, 4.69) is 12.6 Å². The number of benzene rings is 3. The van der Waals surface area contributed by atoms with Crippen LogP contribution in [0.15, 0.2) is 78.9 Å². The Morgan fingerprint density at radius 1 is 1.00 bits per heavy atom. The zero-order valence-electron chi connectivity index (χ0n) is 16.9. The van der Waals surface area contributed by atoms with Crippen molar-refractivity contribution in [3.8, 4) is 28.4 Å². The van der Waals surface area contributed by atoms with Gasteiger partial charge in [0, 0.05) is 17.2 Å². The van der Waals surface area contributed by atoms with E-state index in [0.717, 1.165) is 33.4 Å². The van der Waals surface area contributed by atoms with Gasteiger partial charge >= 0.3 is 5.97 Å². The van der Waals surface area contributed by atoms with Gasteiger partial charge in [0.25, 0.3) is 0 Å². The van der Waals surface area contributed by atoms with E-state index >= 15 is 0 Å². The van der Waals surface area contributed by atoms with Gasteiger partial charge in [-0.15, -0.1) is 0 Å². The molecule has 29 heavy (non-hydrogen) atoms. The van der Waals surface area contributed by atoms with Gasteiger partial charge in [0.2, 0.25) is 0 Å². The van der Waals surface area contributed by atoms with Gasteiger partial charge in [0.05, 0.1) is 7.11 Å². The minimum atomic E-state index is -0.429. The number of hydrogen-bond donors (Lipinski definition) is 0. The highest BCUT2D eigenvalue weighted by atomic mass is 16.5. The van der Waals surface area contributed by atoms with Crippen LogP contribution in [0.3, 0.4) is 0 Å². The predicted molar refractivity (Wildman–Crippen MR) is 117 cm³/mol. The topological polar surface area (TPSA) is 44.8 Å². The molecule has 0 unspecified atom stereocenters. The summed E-state index contributed by atoms with van der Waals surface area (Å²) in [6, 6.07) is 17.5. The summed E-state index contributed by atoms with van der Waals surface area (Å²) in [7, 11) is 1.64. The Kier molecular flexibility index (Phi) is 6.35. The quantitative estimate of drug-likeness (QED) is 0.217. The number of hydrogen-bond acceptors (Lipinski definition) is 4. The van der Waals surface area contributed by atoms with E-state index in [1.807, 2.05) is 61.5 Å². The van der Waals surface area contributed by atoms with E-state index in [9.17, 15) is 4.79 Å². The van der Waals surface area contributed by atoms with Gasteiger partial charge < -0.3 is 14.2 Å². The largest absolute Gasteiger partial charge is 0.497 e. The normalized spacial score (nSPS) is 10.9. The summed E-state index contributed by atoms with van der Waals surface area (Å²) in [4.78, 5) is 11.7. The molecule has 148 valence electrons. The molecule has 0 bridgehead atoms. The maximum Gasteiger partial charge on any atom is 0.338 e. The second kappa shape index (κ2) is 9.11. The van der Waals surface area contributed by atoms with Crippen molar-refractivity contribution >= 4 is 16.7 Å². The van der Waals surface area contributed by atoms with Gasteiger partial charge in [-0.25, -0.2) is 4.79 Å². The maximum absolute atomic E-state index is 11.7. The molecule has 0 aliphatic carbocycles. The number of esters is 1. The van der Waals surface area contributed by atoms with E-state index in [-0.39, 0.29) is 0 Å². The van der Waals surface area contributed by atoms with Gasteiger partial charge in [-0.1, -0.05) is 36.9 Å². The molecule has 0 heterocycles. The van der Waals surface area contributed by atoms with Crippen LogP contribution in [0.2, 0.25) is 0 Å². The van der Waals surface area contributed by atoms with Crippen LogP contribution in [0.1, 0.15) is 13.8 Å². The third kappa shape index (κ3) is 4.85. The lowest BCUT2D eigenvalue weighted by Gasteiger charge is -2.13. The number of fused-ring (bicyclic) bond motifs is 1. The molecule has 4 nitrogen and oxygen atoms in total.